The summed E-state index contributed by atoms with van der Waals surface area (Å²) >= 11 is 0. The molecule has 0 spiro atoms. The Balaban J connectivity index is 0. The minimum atomic E-state index is -3.67. The second-order valence-electron chi connectivity index (χ2n) is 7.69. The van der Waals surface area contributed by atoms with Gasteiger partial charge in [0.2, 0.25) is 5.82 Å². The van der Waals surface area contributed by atoms with Crippen LogP contribution in [0.3, 0.4) is 0 Å². The second-order valence-corrected chi connectivity index (χ2v) is 7.69. The van der Waals surface area contributed by atoms with Gasteiger partial charge in [-0.05, 0) is 12.1 Å². The second kappa shape index (κ2) is 23.3. The van der Waals surface area contributed by atoms with E-state index in [2.05, 4.69) is 35.7 Å². The van der Waals surface area contributed by atoms with Crippen LogP contribution in [0.15, 0.2) is 85.1 Å². The molecule has 12 heteroatoms. The predicted molar refractivity (Wildman–Crippen MR) is 144 cm³/mol. The third-order valence-corrected chi connectivity index (χ3v) is 5.13. The largest absolute Gasteiger partial charge is 3.00 e. The van der Waals surface area contributed by atoms with Gasteiger partial charge in [0.05, 0.1) is 0 Å². The van der Waals surface area contributed by atoms with E-state index in [1.807, 2.05) is 78.9 Å². The van der Waals surface area contributed by atoms with Crippen molar-refractivity contribution in [2.75, 3.05) is 0 Å². The minimum absolute atomic E-state index is 0. The molecular formula is C28H27BF4MoN4O2-. The van der Waals surface area contributed by atoms with Crippen LogP contribution in [0, 0.1) is 5.92 Å². The molecule has 1 radical (unpaired) electrons. The number of hydrogen-bond donors (Lipinski definition) is 0. The molecule has 0 aliphatic heterocycles. The van der Waals surface area contributed by atoms with Crippen LogP contribution in [0.4, 0.5) is 12.9 Å². The van der Waals surface area contributed by atoms with E-state index in [9.17, 15) is 12.9 Å². The SMILES string of the molecule is C[C-]1CCCC1.FB(F)F.[CH-]=O.[CH-]=O.[F-].[Mo+3].c1ccc(-c2nnc(-c3ccccn3)nc2-c2ccccc2)cc1. The standard InChI is InChI=1S/C20H14N4.C6H11.2CHO.BF3.FH.Mo/c1-3-9-15(10-4-1)18-19(16-11-5-2-6-12-16)23-24-20(22-18)17-13-7-8-14-21-17;1-6-4-2-3-5-6;2*1-2;2-1(3)4;;/h1-14H;2-5H2,1H3;2*1H;;1H;/q;3*-1;;;+3/p-1. The molecule has 1 fully saturated rings. The van der Waals surface area contributed by atoms with Gasteiger partial charge < -0.3 is 20.2 Å². The van der Waals surface area contributed by atoms with Crippen molar-refractivity contribution < 1.29 is 48.3 Å². The zero-order valence-corrected chi connectivity index (χ0v) is 23.7. The van der Waals surface area contributed by atoms with E-state index in [1.54, 1.807) is 12.1 Å². The Morgan fingerprint density at radius 2 is 1.18 bits per heavy atom. The van der Waals surface area contributed by atoms with Crippen molar-refractivity contribution in [2.45, 2.75) is 32.6 Å². The van der Waals surface area contributed by atoms with Gasteiger partial charge in [0.25, 0.3) is 0 Å². The molecule has 1 aliphatic rings. The van der Waals surface area contributed by atoms with Gasteiger partial charge in [0, 0.05) is 17.3 Å². The quantitative estimate of drug-likeness (QED) is 0.148. The first-order valence-corrected chi connectivity index (χ1v) is 11.5. The van der Waals surface area contributed by atoms with Crippen molar-refractivity contribution in [1.82, 2.24) is 20.2 Å². The summed E-state index contributed by atoms with van der Waals surface area (Å²) < 4.78 is 29.0. The van der Waals surface area contributed by atoms with Crippen LogP contribution in [0.1, 0.15) is 32.6 Å². The summed E-state index contributed by atoms with van der Waals surface area (Å²) in [5, 5.41) is 8.74. The number of aromatic nitrogens is 4. The molecule has 4 aromatic rings. The normalized spacial score (nSPS) is 11.0. The van der Waals surface area contributed by atoms with Crippen molar-refractivity contribution in [3.8, 4) is 34.0 Å². The van der Waals surface area contributed by atoms with Crippen molar-refractivity contribution in [3.63, 3.8) is 0 Å². The zero-order valence-electron chi connectivity index (χ0n) is 21.7. The summed E-state index contributed by atoms with van der Waals surface area (Å²) in [6, 6.07) is 25.7. The van der Waals surface area contributed by atoms with Crippen molar-refractivity contribution in [1.29, 1.82) is 0 Å². The molecule has 5 rings (SSSR count). The van der Waals surface area contributed by atoms with Gasteiger partial charge in [-0.3, -0.25) is 31.5 Å². The van der Waals surface area contributed by atoms with Gasteiger partial charge in [-0.15, -0.1) is 10.2 Å². The van der Waals surface area contributed by atoms with Crippen LogP contribution in [-0.2, 0) is 30.7 Å². The molecule has 1 saturated carbocycles. The number of rotatable bonds is 3. The molecule has 209 valence electrons. The number of nitrogens with zero attached hydrogens (tertiary/aromatic N) is 4. The molecule has 2 heterocycles. The molecule has 2 aromatic carbocycles. The maximum atomic E-state index is 9.67. The fourth-order valence-corrected chi connectivity index (χ4v) is 3.50. The molecule has 40 heavy (non-hydrogen) atoms. The first kappa shape index (κ1) is 38.6. The number of halogens is 4. The third-order valence-electron chi connectivity index (χ3n) is 5.13. The van der Waals surface area contributed by atoms with E-state index in [0.717, 1.165) is 22.5 Å². The van der Waals surface area contributed by atoms with E-state index in [4.69, 9.17) is 14.6 Å². The molecule has 0 saturated heterocycles. The van der Waals surface area contributed by atoms with Gasteiger partial charge in [-0.25, -0.2) is 4.98 Å². The summed E-state index contributed by atoms with van der Waals surface area (Å²) in [5.74, 6) is 2.23. The summed E-state index contributed by atoms with van der Waals surface area (Å²) in [6.07, 6.45) is 7.43. The molecular weight excluding hydrogens is 607 g/mol. The number of benzene rings is 2. The summed E-state index contributed by atoms with van der Waals surface area (Å²) in [7, 11) is -3.67. The van der Waals surface area contributed by atoms with Gasteiger partial charge >= 0.3 is 28.6 Å². The molecule has 0 unspecified atom stereocenters. The minimum Gasteiger partial charge on any atom is -1.00 e. The molecule has 0 amide bonds. The van der Waals surface area contributed by atoms with Gasteiger partial charge in [0.15, 0.2) is 0 Å². The number of pyridine rings is 1. The Morgan fingerprint density at radius 1 is 0.725 bits per heavy atom. The van der Waals surface area contributed by atoms with Crippen molar-refractivity contribution in [2.24, 2.45) is 0 Å². The predicted octanol–water partition coefficient (Wildman–Crippen LogP) is 3.76. The maximum Gasteiger partial charge on any atom is 3.00 e. The molecule has 0 N–H and O–H groups in total. The smallest absolute Gasteiger partial charge is 1.00 e. The molecule has 2 aromatic heterocycles. The maximum absolute atomic E-state index is 9.67. The topological polar surface area (TPSA) is 85.7 Å². The Bertz CT molecular complexity index is 1160. The Morgan fingerprint density at radius 3 is 1.57 bits per heavy atom. The van der Waals surface area contributed by atoms with Crippen molar-refractivity contribution >= 4 is 21.1 Å². The summed E-state index contributed by atoms with van der Waals surface area (Å²) in [4.78, 5) is 24.6. The Hall–Kier alpha value is -3.59. The number of hydrogen-bond acceptors (Lipinski definition) is 6. The van der Waals surface area contributed by atoms with E-state index in [1.165, 1.54) is 25.7 Å². The van der Waals surface area contributed by atoms with E-state index < -0.39 is 7.54 Å². The van der Waals surface area contributed by atoms with Crippen LogP contribution in [-0.4, -0.2) is 41.3 Å². The Kier molecular flexibility index (Phi) is 22.5. The van der Waals surface area contributed by atoms with Crippen LogP contribution in [0.2, 0.25) is 0 Å². The van der Waals surface area contributed by atoms with Crippen LogP contribution in [0.5, 0.6) is 0 Å². The van der Waals surface area contributed by atoms with E-state index in [0.29, 0.717) is 11.5 Å². The monoisotopic (exact) mass is 636 g/mol. The van der Waals surface area contributed by atoms with Gasteiger partial charge in [-0.2, -0.15) is 19.8 Å². The van der Waals surface area contributed by atoms with Crippen LogP contribution >= 0.6 is 0 Å². The molecule has 1 aliphatic carbocycles. The van der Waals surface area contributed by atoms with Crippen LogP contribution in [0.25, 0.3) is 34.0 Å². The zero-order chi connectivity index (χ0) is 28.2. The molecule has 0 bridgehead atoms. The average Bonchev–Trinajstić information content (AvgIpc) is 3.47. The third kappa shape index (κ3) is 14.0. The summed E-state index contributed by atoms with van der Waals surface area (Å²) in [5.41, 5.74) is 4.27. The summed E-state index contributed by atoms with van der Waals surface area (Å²) in [6.45, 7) is 8.76. The van der Waals surface area contributed by atoms with Gasteiger partial charge in [0.1, 0.15) is 17.1 Å². The first-order chi connectivity index (χ1) is 18.5. The van der Waals surface area contributed by atoms with Crippen LogP contribution < -0.4 is 4.70 Å². The molecule has 6 nitrogen and oxygen atoms in total. The van der Waals surface area contributed by atoms with Crippen molar-refractivity contribution in [3.05, 3.63) is 91.0 Å². The number of carbonyl (C=O) groups excluding carboxylic acids is 2. The first-order valence-electron chi connectivity index (χ1n) is 11.5. The van der Waals surface area contributed by atoms with E-state index >= 15 is 0 Å². The van der Waals surface area contributed by atoms with E-state index in [-0.39, 0.29) is 25.8 Å². The fourth-order valence-electron chi connectivity index (χ4n) is 3.50. The average molecular weight is 634 g/mol. The molecule has 0 atom stereocenters. The fraction of sp³-hybridized carbons (Fsp3) is 0.179. The Labute approximate surface area is 246 Å². The van der Waals surface area contributed by atoms with Gasteiger partial charge in [-0.1, -0.05) is 79.6 Å².